The second kappa shape index (κ2) is 6.08. The fraction of sp³-hybridized carbons (Fsp3) is 0.471. The van der Waals surface area contributed by atoms with E-state index in [1.54, 1.807) is 0 Å². The Kier molecular flexibility index (Phi) is 3.98. The molecule has 0 radical (unpaired) electrons. The monoisotopic (exact) mass is 364 g/mol. The van der Waals surface area contributed by atoms with Crippen molar-refractivity contribution in [3.05, 3.63) is 42.0 Å². The minimum atomic E-state index is -4.48. The van der Waals surface area contributed by atoms with Crippen molar-refractivity contribution in [2.75, 3.05) is 0 Å². The van der Waals surface area contributed by atoms with Gasteiger partial charge in [0.25, 0.3) is 0 Å². The first-order chi connectivity index (χ1) is 12.4. The van der Waals surface area contributed by atoms with Crippen molar-refractivity contribution in [3.63, 3.8) is 0 Å². The van der Waals surface area contributed by atoms with E-state index in [0.29, 0.717) is 24.3 Å². The molecule has 1 aliphatic carbocycles. The summed E-state index contributed by atoms with van der Waals surface area (Å²) in [6.45, 7) is 0. The summed E-state index contributed by atoms with van der Waals surface area (Å²) in [5.41, 5.74) is 5.18. The summed E-state index contributed by atoms with van der Waals surface area (Å²) in [4.78, 5) is 5.43. The van der Waals surface area contributed by atoms with Crippen LogP contribution in [-0.2, 0) is 5.54 Å². The maximum atomic E-state index is 13.3. The van der Waals surface area contributed by atoms with E-state index in [2.05, 4.69) is 15.2 Å². The molecule has 0 aromatic carbocycles. The molecule has 2 aliphatic rings. The molecule has 4 rings (SSSR count). The lowest BCUT2D eigenvalue weighted by Crippen LogP contribution is -2.54. The number of nitrogens with zero attached hydrogens (tertiary/aromatic N) is 5. The lowest BCUT2D eigenvalue weighted by Gasteiger charge is -2.47. The SMILES string of the molecule is NC1N=CC(C(F)(F)F)=CN1C1(c2nnc3ccccn23)CCCCC1. The van der Waals surface area contributed by atoms with Gasteiger partial charge in [-0.3, -0.25) is 15.1 Å². The van der Waals surface area contributed by atoms with Gasteiger partial charge >= 0.3 is 6.18 Å². The number of pyridine rings is 1. The Morgan fingerprint density at radius 2 is 1.88 bits per heavy atom. The summed E-state index contributed by atoms with van der Waals surface area (Å²) >= 11 is 0. The van der Waals surface area contributed by atoms with Crippen LogP contribution in [0.5, 0.6) is 0 Å². The topological polar surface area (TPSA) is 71.8 Å². The second-order valence-corrected chi connectivity index (χ2v) is 6.73. The van der Waals surface area contributed by atoms with Gasteiger partial charge in [0, 0.05) is 18.6 Å². The van der Waals surface area contributed by atoms with E-state index in [9.17, 15) is 13.2 Å². The van der Waals surface area contributed by atoms with Gasteiger partial charge in [0.05, 0.1) is 5.57 Å². The third kappa shape index (κ3) is 2.66. The van der Waals surface area contributed by atoms with Crippen LogP contribution >= 0.6 is 0 Å². The Labute approximate surface area is 148 Å². The summed E-state index contributed by atoms with van der Waals surface area (Å²) < 4.78 is 41.6. The van der Waals surface area contributed by atoms with Crippen LogP contribution in [-0.4, -0.2) is 38.2 Å². The summed E-state index contributed by atoms with van der Waals surface area (Å²) in [7, 11) is 0. The first-order valence-corrected chi connectivity index (χ1v) is 8.58. The molecule has 0 saturated heterocycles. The quantitative estimate of drug-likeness (QED) is 0.889. The minimum Gasteiger partial charge on any atom is -0.331 e. The molecule has 1 unspecified atom stereocenters. The third-order valence-corrected chi connectivity index (χ3v) is 5.16. The van der Waals surface area contributed by atoms with E-state index in [0.717, 1.165) is 31.7 Å². The van der Waals surface area contributed by atoms with Gasteiger partial charge in [-0.1, -0.05) is 25.3 Å². The van der Waals surface area contributed by atoms with Crippen molar-refractivity contribution in [3.8, 4) is 0 Å². The number of fused-ring (bicyclic) bond motifs is 1. The molecule has 2 aromatic heterocycles. The first kappa shape index (κ1) is 17.0. The van der Waals surface area contributed by atoms with E-state index >= 15 is 0 Å². The third-order valence-electron chi connectivity index (χ3n) is 5.16. The molecular weight excluding hydrogens is 345 g/mol. The predicted octanol–water partition coefficient (Wildman–Crippen LogP) is 2.96. The van der Waals surface area contributed by atoms with Crippen molar-refractivity contribution < 1.29 is 13.2 Å². The average molecular weight is 364 g/mol. The van der Waals surface area contributed by atoms with Crippen molar-refractivity contribution in [1.82, 2.24) is 19.5 Å². The van der Waals surface area contributed by atoms with Crippen molar-refractivity contribution >= 4 is 11.9 Å². The molecule has 1 atom stereocenters. The molecule has 2 N–H and O–H groups in total. The Bertz CT molecular complexity index is 863. The van der Waals surface area contributed by atoms with Crippen molar-refractivity contribution in [2.24, 2.45) is 10.7 Å². The highest BCUT2D eigenvalue weighted by atomic mass is 19.4. The number of hydrogen-bond acceptors (Lipinski definition) is 5. The Morgan fingerprint density at radius 3 is 2.62 bits per heavy atom. The summed E-state index contributed by atoms with van der Waals surface area (Å²) in [6, 6.07) is 5.51. The van der Waals surface area contributed by atoms with Crippen LogP contribution < -0.4 is 5.73 Å². The minimum absolute atomic E-state index is 0.609. The number of alkyl halides is 3. The smallest absolute Gasteiger partial charge is 0.331 e. The zero-order valence-electron chi connectivity index (χ0n) is 14.0. The number of halogens is 3. The molecule has 1 fully saturated rings. The zero-order chi connectivity index (χ0) is 18.4. The van der Waals surface area contributed by atoms with E-state index < -0.39 is 23.6 Å². The Hall–Kier alpha value is -2.42. The maximum absolute atomic E-state index is 13.3. The molecular formula is C17H19F3N6. The van der Waals surface area contributed by atoms with Gasteiger partial charge in [-0.25, -0.2) is 0 Å². The standard InChI is InChI=1S/C17H19F3N6/c18-17(19,20)12-10-22-15(21)26(11-12)16(7-3-1-4-8-16)14-24-23-13-6-2-5-9-25(13)14/h2,5-6,9-11,15H,1,3-4,7-8,21H2. The predicted molar refractivity (Wildman–Crippen MR) is 90.2 cm³/mol. The number of nitrogens with two attached hydrogens (primary N) is 1. The fourth-order valence-electron chi connectivity index (χ4n) is 3.90. The summed E-state index contributed by atoms with van der Waals surface area (Å²) in [5, 5.41) is 8.53. The largest absolute Gasteiger partial charge is 0.419 e. The van der Waals surface area contributed by atoms with Gasteiger partial charge < -0.3 is 4.90 Å². The van der Waals surface area contributed by atoms with E-state index in [1.165, 1.54) is 4.90 Å². The normalized spacial score (nSPS) is 23.3. The Morgan fingerprint density at radius 1 is 1.12 bits per heavy atom. The number of aliphatic imine (C=N–C) groups is 1. The van der Waals surface area contributed by atoms with E-state index in [-0.39, 0.29) is 0 Å². The summed E-state index contributed by atoms with van der Waals surface area (Å²) in [6.07, 6.45) is 2.43. The van der Waals surface area contributed by atoms with Crippen LogP contribution in [0.15, 0.2) is 41.2 Å². The summed E-state index contributed by atoms with van der Waals surface area (Å²) in [5.74, 6) is 0.609. The second-order valence-electron chi connectivity index (χ2n) is 6.73. The molecule has 0 bridgehead atoms. The van der Waals surface area contributed by atoms with Gasteiger partial charge in [0.1, 0.15) is 5.54 Å². The van der Waals surface area contributed by atoms with Crippen LogP contribution in [0.1, 0.15) is 37.9 Å². The molecule has 26 heavy (non-hydrogen) atoms. The number of allylic oxidation sites excluding steroid dienone is 1. The lowest BCUT2D eigenvalue weighted by molar-refractivity contribution is -0.0889. The first-order valence-electron chi connectivity index (χ1n) is 8.58. The van der Waals surface area contributed by atoms with Gasteiger partial charge in [0.2, 0.25) is 0 Å². The van der Waals surface area contributed by atoms with Gasteiger partial charge in [-0.05, 0) is 25.0 Å². The molecule has 1 saturated carbocycles. The highest BCUT2D eigenvalue weighted by Crippen LogP contribution is 2.44. The molecule has 1 aliphatic heterocycles. The number of aromatic nitrogens is 3. The highest BCUT2D eigenvalue weighted by Gasteiger charge is 2.47. The maximum Gasteiger partial charge on any atom is 0.419 e. The Balaban J connectivity index is 1.87. The molecule has 2 aromatic rings. The number of rotatable bonds is 2. The van der Waals surface area contributed by atoms with Gasteiger partial charge in [0.15, 0.2) is 17.8 Å². The van der Waals surface area contributed by atoms with Crippen LogP contribution in [0.25, 0.3) is 5.65 Å². The van der Waals surface area contributed by atoms with E-state index in [1.807, 2.05) is 28.8 Å². The molecule has 9 heteroatoms. The molecule has 3 heterocycles. The van der Waals surface area contributed by atoms with E-state index in [4.69, 9.17) is 5.73 Å². The average Bonchev–Trinajstić information content (AvgIpc) is 3.06. The molecule has 6 nitrogen and oxygen atoms in total. The fourth-order valence-corrected chi connectivity index (χ4v) is 3.90. The van der Waals surface area contributed by atoms with Crippen LogP contribution in [0, 0.1) is 0 Å². The van der Waals surface area contributed by atoms with Gasteiger partial charge in [-0.2, -0.15) is 13.2 Å². The molecule has 0 spiro atoms. The van der Waals surface area contributed by atoms with Gasteiger partial charge in [-0.15, -0.1) is 10.2 Å². The highest BCUT2D eigenvalue weighted by molar-refractivity contribution is 5.81. The van der Waals surface area contributed by atoms with Crippen LogP contribution in [0.3, 0.4) is 0 Å². The van der Waals surface area contributed by atoms with Crippen molar-refractivity contribution in [1.29, 1.82) is 0 Å². The van der Waals surface area contributed by atoms with Crippen LogP contribution in [0.4, 0.5) is 13.2 Å². The molecule has 138 valence electrons. The molecule has 0 amide bonds. The lowest BCUT2D eigenvalue weighted by atomic mass is 9.79. The number of hydrogen-bond donors (Lipinski definition) is 1. The van der Waals surface area contributed by atoms with Crippen LogP contribution in [0.2, 0.25) is 0 Å². The zero-order valence-corrected chi connectivity index (χ0v) is 14.0. The van der Waals surface area contributed by atoms with Crippen molar-refractivity contribution in [2.45, 2.75) is 50.1 Å².